The molecule has 1 aliphatic heterocycles. The molecule has 1 rings (SSSR count). The fourth-order valence-corrected chi connectivity index (χ4v) is 1.93. The zero-order valence-corrected chi connectivity index (χ0v) is 11.5. The van der Waals surface area contributed by atoms with E-state index in [0.29, 0.717) is 43.1 Å². The maximum Gasteiger partial charge on any atom is 0.166 e. The number of nitrogens with one attached hydrogen (secondary N) is 1. The molecule has 0 unspecified atom stereocenters. The highest BCUT2D eigenvalue weighted by Gasteiger charge is 2.16. The minimum atomic E-state index is 0. The van der Waals surface area contributed by atoms with Gasteiger partial charge in [-0.05, 0) is 18.2 Å². The number of Topliss-reactive ketones (excluding diaryl/α,β-unsaturated/α-hetero) is 1. The molecule has 6 heteroatoms. The maximum atomic E-state index is 11.3. The average Bonchev–Trinajstić information content (AvgIpc) is 2.48. The van der Waals surface area contributed by atoms with Crippen LogP contribution in [0, 0.1) is 0 Å². The van der Waals surface area contributed by atoms with Gasteiger partial charge in [0.15, 0.2) is 5.84 Å². The molecule has 1 aliphatic rings. The van der Waals surface area contributed by atoms with E-state index < -0.39 is 0 Å². The second kappa shape index (κ2) is 9.55. The lowest BCUT2D eigenvalue weighted by molar-refractivity contribution is -0.121. The van der Waals surface area contributed by atoms with E-state index in [2.05, 4.69) is 28.6 Å². The van der Waals surface area contributed by atoms with Crippen LogP contribution in [0.5, 0.6) is 0 Å². The van der Waals surface area contributed by atoms with Gasteiger partial charge >= 0.3 is 0 Å². The van der Waals surface area contributed by atoms with E-state index in [0.717, 1.165) is 5.70 Å². The van der Waals surface area contributed by atoms with Crippen LogP contribution in [-0.4, -0.2) is 29.6 Å². The molecule has 1 saturated heterocycles. The molecule has 116 valence electrons. The third-order valence-corrected chi connectivity index (χ3v) is 3.09. The molecule has 0 spiro atoms. The fourth-order valence-electron chi connectivity index (χ4n) is 1.93. The zero-order chi connectivity index (χ0) is 15.0. The number of piperidine rings is 1. The van der Waals surface area contributed by atoms with Crippen LogP contribution in [0.25, 0.3) is 0 Å². The number of allylic oxidation sites excluding steroid dienone is 3. The number of carbonyl (C=O) groups excluding carboxylic acids is 1. The average molecular weight is 291 g/mol. The van der Waals surface area contributed by atoms with Crippen molar-refractivity contribution in [2.75, 3.05) is 13.1 Å². The van der Waals surface area contributed by atoms with E-state index in [1.54, 1.807) is 18.2 Å². The van der Waals surface area contributed by atoms with E-state index in [1.165, 1.54) is 0 Å². The molecule has 1 fully saturated rings. The Kier molecular flexibility index (Phi) is 8.48. The molecule has 0 aromatic heterocycles. The zero-order valence-electron chi connectivity index (χ0n) is 11.5. The van der Waals surface area contributed by atoms with Crippen LogP contribution in [0.2, 0.25) is 0 Å². The monoisotopic (exact) mass is 291 g/mol. The molecule has 6 nitrogen and oxygen atoms in total. The van der Waals surface area contributed by atoms with Crippen molar-refractivity contribution in [1.29, 1.82) is 0 Å². The Balaban J connectivity index is 0.00000400. The maximum absolute atomic E-state index is 11.3. The summed E-state index contributed by atoms with van der Waals surface area (Å²) in [7, 11) is 0. The SMILES string of the molecule is C.C=CC(=C\C=C(/C=C)N1CCC(=O)CC1)/C(=N/N)NN. The van der Waals surface area contributed by atoms with Crippen molar-refractivity contribution < 1.29 is 4.79 Å². The summed E-state index contributed by atoms with van der Waals surface area (Å²) in [6, 6.07) is 0. The number of hydrogen-bond donors (Lipinski definition) is 3. The minimum Gasteiger partial charge on any atom is -0.371 e. The number of likely N-dealkylation sites (tertiary alicyclic amines) is 1. The van der Waals surface area contributed by atoms with Crippen LogP contribution in [0.1, 0.15) is 20.3 Å². The summed E-state index contributed by atoms with van der Waals surface area (Å²) in [6.07, 6.45) is 8.17. The fraction of sp³-hybridized carbons (Fsp3) is 0.333. The van der Waals surface area contributed by atoms with Crippen molar-refractivity contribution in [3.63, 3.8) is 0 Å². The summed E-state index contributed by atoms with van der Waals surface area (Å²) < 4.78 is 0. The lowest BCUT2D eigenvalue weighted by atomic mass is 10.1. The van der Waals surface area contributed by atoms with Crippen LogP contribution in [0.3, 0.4) is 0 Å². The highest BCUT2D eigenvalue weighted by molar-refractivity contribution is 6.00. The summed E-state index contributed by atoms with van der Waals surface area (Å²) in [5.74, 6) is 11.2. The Bertz CT molecular complexity index is 466. The minimum absolute atomic E-state index is 0. The molecular weight excluding hydrogens is 266 g/mol. The van der Waals surface area contributed by atoms with E-state index in [1.807, 2.05) is 6.08 Å². The van der Waals surface area contributed by atoms with Gasteiger partial charge < -0.3 is 16.2 Å². The van der Waals surface area contributed by atoms with Gasteiger partial charge in [0, 0.05) is 37.2 Å². The van der Waals surface area contributed by atoms with Crippen molar-refractivity contribution >= 4 is 11.6 Å². The Labute approximate surface area is 126 Å². The first kappa shape index (κ1) is 18.7. The van der Waals surface area contributed by atoms with Crippen molar-refractivity contribution in [1.82, 2.24) is 10.3 Å². The van der Waals surface area contributed by atoms with E-state index in [4.69, 9.17) is 11.7 Å². The Morgan fingerprint density at radius 3 is 2.29 bits per heavy atom. The van der Waals surface area contributed by atoms with Crippen LogP contribution in [0.15, 0.2) is 53.8 Å². The Hall–Kier alpha value is -2.34. The molecule has 0 aliphatic carbocycles. The molecule has 0 radical (unpaired) electrons. The van der Waals surface area contributed by atoms with Crippen LogP contribution < -0.4 is 17.1 Å². The number of ketones is 1. The van der Waals surface area contributed by atoms with Crippen LogP contribution in [-0.2, 0) is 4.79 Å². The Morgan fingerprint density at radius 2 is 1.86 bits per heavy atom. The molecule has 0 amide bonds. The van der Waals surface area contributed by atoms with E-state index >= 15 is 0 Å². The van der Waals surface area contributed by atoms with Gasteiger partial charge in [0.2, 0.25) is 0 Å². The largest absolute Gasteiger partial charge is 0.371 e. The van der Waals surface area contributed by atoms with Gasteiger partial charge in [0.1, 0.15) is 5.78 Å². The topological polar surface area (TPSA) is 96.7 Å². The van der Waals surface area contributed by atoms with Crippen LogP contribution in [0.4, 0.5) is 0 Å². The van der Waals surface area contributed by atoms with Gasteiger partial charge in [0.05, 0.1) is 0 Å². The van der Waals surface area contributed by atoms with Crippen molar-refractivity contribution in [3.8, 4) is 0 Å². The predicted molar refractivity (Wildman–Crippen MR) is 88.1 cm³/mol. The van der Waals surface area contributed by atoms with E-state index in [9.17, 15) is 4.79 Å². The quantitative estimate of drug-likeness (QED) is 0.232. The first-order valence-electron chi connectivity index (χ1n) is 6.34. The molecule has 0 atom stereocenters. The van der Waals surface area contributed by atoms with Gasteiger partial charge in [-0.3, -0.25) is 4.79 Å². The standard InChI is InChI=1S/C14H21N5O.CH4/c1-3-11(14(17-15)18-16)5-6-12(4-2)19-9-7-13(20)8-10-19;/h3-6H,1-2,7-10,15-16H2,(H,17,18);1H4/b11-5+,12-6+;. The van der Waals surface area contributed by atoms with E-state index in [-0.39, 0.29) is 7.43 Å². The summed E-state index contributed by atoms with van der Waals surface area (Å²) in [4.78, 5) is 13.4. The summed E-state index contributed by atoms with van der Waals surface area (Å²) in [5, 5.41) is 3.53. The lowest BCUT2D eigenvalue weighted by Gasteiger charge is -2.28. The van der Waals surface area contributed by atoms with Crippen molar-refractivity contribution in [2.24, 2.45) is 16.8 Å². The second-order valence-electron chi connectivity index (χ2n) is 4.27. The van der Waals surface area contributed by atoms with Gasteiger partial charge in [-0.25, -0.2) is 5.84 Å². The van der Waals surface area contributed by atoms with Crippen molar-refractivity contribution in [2.45, 2.75) is 20.3 Å². The van der Waals surface area contributed by atoms with Gasteiger partial charge in [-0.2, -0.15) is 5.10 Å². The third kappa shape index (κ3) is 5.27. The molecule has 0 aromatic rings. The normalized spacial score (nSPS) is 17.1. The molecule has 0 aromatic carbocycles. The molecule has 21 heavy (non-hydrogen) atoms. The number of nitrogens with zero attached hydrogens (tertiary/aromatic N) is 2. The molecule has 0 saturated carbocycles. The smallest absolute Gasteiger partial charge is 0.166 e. The summed E-state index contributed by atoms with van der Waals surface area (Å²) in [6.45, 7) is 8.91. The lowest BCUT2D eigenvalue weighted by Crippen LogP contribution is -2.33. The highest BCUT2D eigenvalue weighted by atomic mass is 16.1. The summed E-state index contributed by atoms with van der Waals surface area (Å²) >= 11 is 0. The predicted octanol–water partition coefficient (Wildman–Crippen LogP) is 1.21. The number of rotatable bonds is 5. The number of carbonyl (C=O) groups is 1. The van der Waals surface area contributed by atoms with Crippen LogP contribution >= 0.6 is 0 Å². The number of hydrazone groups is 1. The molecule has 5 N–H and O–H groups in total. The first-order valence-corrected chi connectivity index (χ1v) is 6.34. The highest BCUT2D eigenvalue weighted by Crippen LogP contribution is 2.14. The first-order chi connectivity index (χ1) is 9.65. The van der Waals surface area contributed by atoms with Crippen molar-refractivity contribution in [3.05, 3.63) is 48.7 Å². The second-order valence-corrected chi connectivity index (χ2v) is 4.27. The number of amidine groups is 1. The number of hydrogen-bond acceptors (Lipinski definition) is 5. The number of hydrazine groups is 1. The third-order valence-electron chi connectivity index (χ3n) is 3.09. The number of nitrogens with two attached hydrogens (primary N) is 2. The molecular formula is C15H25N5O. The van der Waals surface area contributed by atoms with Gasteiger partial charge in [-0.1, -0.05) is 26.7 Å². The summed E-state index contributed by atoms with van der Waals surface area (Å²) in [5.41, 5.74) is 4.01. The Morgan fingerprint density at radius 1 is 1.24 bits per heavy atom. The molecule has 1 heterocycles. The van der Waals surface area contributed by atoms with Gasteiger partial charge in [0.25, 0.3) is 0 Å². The van der Waals surface area contributed by atoms with Gasteiger partial charge in [-0.15, -0.1) is 0 Å². The molecule has 0 bridgehead atoms.